The molecule has 1 aromatic heterocycles. The van der Waals surface area contributed by atoms with Gasteiger partial charge in [-0.05, 0) is 6.07 Å². The Bertz CT molecular complexity index is 641. The van der Waals surface area contributed by atoms with Gasteiger partial charge in [0.05, 0.1) is 23.8 Å². The maximum absolute atomic E-state index is 12.5. The van der Waals surface area contributed by atoms with Gasteiger partial charge < -0.3 is 19.4 Å². The van der Waals surface area contributed by atoms with Crippen LogP contribution >= 0.6 is 11.6 Å². The number of pyridine rings is 1. The van der Waals surface area contributed by atoms with Crippen LogP contribution in [0.4, 0.5) is 5.82 Å². The molecule has 25 heavy (non-hydrogen) atoms. The largest absolute Gasteiger partial charge is 0.378 e. The Labute approximate surface area is 152 Å². The monoisotopic (exact) mass is 366 g/mol. The van der Waals surface area contributed by atoms with Crippen molar-refractivity contribution in [3.05, 3.63) is 22.8 Å². The molecule has 2 fully saturated rings. The van der Waals surface area contributed by atoms with Crippen LogP contribution in [0.25, 0.3) is 0 Å². The van der Waals surface area contributed by atoms with E-state index in [9.17, 15) is 9.59 Å². The summed E-state index contributed by atoms with van der Waals surface area (Å²) in [5, 5.41) is 0.467. The minimum absolute atomic E-state index is 0.0670. The number of aromatic nitrogens is 1. The third-order valence-electron chi connectivity index (χ3n) is 4.60. The topological polar surface area (TPSA) is 66.0 Å². The van der Waals surface area contributed by atoms with Gasteiger partial charge in [0.2, 0.25) is 5.91 Å². The van der Waals surface area contributed by atoms with Crippen LogP contribution in [-0.4, -0.2) is 79.1 Å². The molecule has 0 aliphatic carbocycles. The summed E-state index contributed by atoms with van der Waals surface area (Å²) in [7, 11) is 0. The number of morpholine rings is 1. The molecular formula is C17H23ClN4O3. The van der Waals surface area contributed by atoms with Crippen molar-refractivity contribution in [3.8, 4) is 0 Å². The van der Waals surface area contributed by atoms with Crippen LogP contribution in [0, 0.1) is 0 Å². The SMILES string of the molecule is CCC(=O)N1CCN(c2ncc(C(=O)N3CCOCC3)cc2Cl)CC1. The molecule has 2 aliphatic heterocycles. The predicted octanol–water partition coefficient (Wildman–Crippen LogP) is 1.27. The van der Waals surface area contributed by atoms with Crippen LogP contribution in [0.1, 0.15) is 23.7 Å². The molecule has 2 amide bonds. The van der Waals surface area contributed by atoms with Crippen LogP contribution in [0.2, 0.25) is 5.02 Å². The number of hydrogen-bond donors (Lipinski definition) is 0. The molecule has 136 valence electrons. The molecule has 0 radical (unpaired) electrons. The molecule has 1 aromatic rings. The Kier molecular flexibility index (Phi) is 5.75. The lowest BCUT2D eigenvalue weighted by Crippen LogP contribution is -2.49. The smallest absolute Gasteiger partial charge is 0.255 e. The first-order chi connectivity index (χ1) is 12.1. The number of halogens is 1. The second kappa shape index (κ2) is 8.01. The Morgan fingerprint density at radius 2 is 1.80 bits per heavy atom. The number of ether oxygens (including phenoxy) is 1. The Morgan fingerprint density at radius 1 is 1.12 bits per heavy atom. The van der Waals surface area contributed by atoms with Crippen molar-refractivity contribution in [1.29, 1.82) is 0 Å². The number of carbonyl (C=O) groups is 2. The summed E-state index contributed by atoms with van der Waals surface area (Å²) >= 11 is 6.39. The van der Waals surface area contributed by atoms with E-state index in [1.165, 1.54) is 0 Å². The first kappa shape index (κ1) is 17.9. The summed E-state index contributed by atoms with van der Waals surface area (Å²) in [4.78, 5) is 34.4. The summed E-state index contributed by atoms with van der Waals surface area (Å²) in [6.07, 6.45) is 2.11. The van der Waals surface area contributed by atoms with E-state index in [2.05, 4.69) is 9.88 Å². The minimum Gasteiger partial charge on any atom is -0.378 e. The van der Waals surface area contributed by atoms with Gasteiger partial charge in [-0.1, -0.05) is 18.5 Å². The molecular weight excluding hydrogens is 344 g/mol. The third-order valence-corrected chi connectivity index (χ3v) is 4.88. The fourth-order valence-electron chi connectivity index (χ4n) is 3.12. The van der Waals surface area contributed by atoms with Crippen molar-refractivity contribution in [2.75, 3.05) is 57.4 Å². The number of piperazine rings is 1. The molecule has 3 rings (SSSR count). The minimum atomic E-state index is -0.0670. The van der Waals surface area contributed by atoms with Crippen LogP contribution in [-0.2, 0) is 9.53 Å². The maximum atomic E-state index is 12.5. The van der Waals surface area contributed by atoms with Crippen molar-refractivity contribution < 1.29 is 14.3 Å². The lowest BCUT2D eigenvalue weighted by Gasteiger charge is -2.35. The van der Waals surface area contributed by atoms with Crippen molar-refractivity contribution in [1.82, 2.24) is 14.8 Å². The Hall–Kier alpha value is -1.86. The van der Waals surface area contributed by atoms with E-state index in [-0.39, 0.29) is 11.8 Å². The summed E-state index contributed by atoms with van der Waals surface area (Å²) in [5.74, 6) is 0.775. The molecule has 2 aliphatic rings. The lowest BCUT2D eigenvalue weighted by atomic mass is 10.2. The number of amides is 2. The molecule has 0 aromatic carbocycles. The first-order valence-electron chi connectivity index (χ1n) is 8.65. The van der Waals surface area contributed by atoms with E-state index >= 15 is 0 Å². The molecule has 0 bridgehead atoms. The molecule has 7 nitrogen and oxygen atoms in total. The van der Waals surface area contributed by atoms with Crippen LogP contribution in [0.15, 0.2) is 12.3 Å². The van der Waals surface area contributed by atoms with E-state index in [4.69, 9.17) is 16.3 Å². The molecule has 2 saturated heterocycles. The number of rotatable bonds is 3. The van der Waals surface area contributed by atoms with Crippen molar-refractivity contribution in [2.45, 2.75) is 13.3 Å². The van der Waals surface area contributed by atoms with Gasteiger partial charge in [-0.3, -0.25) is 9.59 Å². The van der Waals surface area contributed by atoms with E-state index in [0.717, 1.165) is 0 Å². The molecule has 0 atom stereocenters. The van der Waals surface area contributed by atoms with E-state index in [1.54, 1.807) is 17.2 Å². The Balaban J connectivity index is 1.66. The molecule has 8 heteroatoms. The second-order valence-electron chi connectivity index (χ2n) is 6.16. The standard InChI is InChI=1S/C17H23ClN4O3/c1-2-15(23)20-3-5-21(6-4-20)16-14(18)11-13(12-19-16)17(24)22-7-9-25-10-8-22/h11-12H,2-10H2,1H3. The van der Waals surface area contributed by atoms with Gasteiger partial charge in [0, 0.05) is 51.9 Å². The zero-order chi connectivity index (χ0) is 17.8. The highest BCUT2D eigenvalue weighted by Gasteiger charge is 2.24. The fourth-order valence-corrected chi connectivity index (χ4v) is 3.41. The van der Waals surface area contributed by atoms with Gasteiger partial charge >= 0.3 is 0 Å². The zero-order valence-corrected chi connectivity index (χ0v) is 15.2. The zero-order valence-electron chi connectivity index (χ0n) is 14.4. The quantitative estimate of drug-likeness (QED) is 0.806. The van der Waals surface area contributed by atoms with Crippen LogP contribution in [0.5, 0.6) is 0 Å². The maximum Gasteiger partial charge on any atom is 0.255 e. The van der Waals surface area contributed by atoms with Gasteiger partial charge in [-0.2, -0.15) is 0 Å². The van der Waals surface area contributed by atoms with Gasteiger partial charge in [0.1, 0.15) is 5.82 Å². The number of carbonyl (C=O) groups excluding carboxylic acids is 2. The molecule has 0 unspecified atom stereocenters. The van der Waals surface area contributed by atoms with Crippen molar-refractivity contribution in [2.24, 2.45) is 0 Å². The molecule has 0 saturated carbocycles. The van der Waals surface area contributed by atoms with Gasteiger partial charge in [0.15, 0.2) is 0 Å². The first-order valence-corrected chi connectivity index (χ1v) is 9.03. The van der Waals surface area contributed by atoms with Crippen LogP contribution in [0.3, 0.4) is 0 Å². The van der Waals surface area contributed by atoms with Gasteiger partial charge in [-0.25, -0.2) is 4.98 Å². The number of nitrogens with zero attached hydrogens (tertiary/aromatic N) is 4. The fraction of sp³-hybridized carbons (Fsp3) is 0.588. The molecule has 0 spiro atoms. The van der Waals surface area contributed by atoms with Gasteiger partial charge in [-0.15, -0.1) is 0 Å². The summed E-state index contributed by atoms with van der Waals surface area (Å²) < 4.78 is 5.27. The van der Waals surface area contributed by atoms with Crippen molar-refractivity contribution >= 4 is 29.2 Å². The van der Waals surface area contributed by atoms with E-state index in [0.29, 0.717) is 75.3 Å². The predicted molar refractivity (Wildman–Crippen MR) is 95.1 cm³/mol. The molecule has 3 heterocycles. The summed E-state index contributed by atoms with van der Waals surface area (Å²) in [6, 6.07) is 1.69. The van der Waals surface area contributed by atoms with Crippen LogP contribution < -0.4 is 4.90 Å². The highest BCUT2D eigenvalue weighted by Crippen LogP contribution is 2.26. The third kappa shape index (κ3) is 4.04. The summed E-state index contributed by atoms with van der Waals surface area (Å²) in [5.41, 5.74) is 0.496. The normalized spacial score (nSPS) is 18.4. The highest BCUT2D eigenvalue weighted by molar-refractivity contribution is 6.33. The summed E-state index contributed by atoms with van der Waals surface area (Å²) in [6.45, 7) is 6.88. The molecule has 0 N–H and O–H groups in total. The highest BCUT2D eigenvalue weighted by atomic mass is 35.5. The number of hydrogen-bond acceptors (Lipinski definition) is 5. The average Bonchev–Trinajstić information content (AvgIpc) is 2.67. The second-order valence-corrected chi connectivity index (χ2v) is 6.56. The van der Waals surface area contributed by atoms with E-state index < -0.39 is 0 Å². The van der Waals surface area contributed by atoms with E-state index in [1.807, 2.05) is 11.8 Å². The average molecular weight is 367 g/mol. The number of anilines is 1. The van der Waals surface area contributed by atoms with Crippen molar-refractivity contribution in [3.63, 3.8) is 0 Å². The van der Waals surface area contributed by atoms with Gasteiger partial charge in [0.25, 0.3) is 5.91 Å². The Morgan fingerprint density at radius 3 is 2.40 bits per heavy atom. The lowest BCUT2D eigenvalue weighted by molar-refractivity contribution is -0.131.